The third-order valence-electron chi connectivity index (χ3n) is 2.71. The molecule has 5 heteroatoms. The average molecular weight is 226 g/mol. The van der Waals surface area contributed by atoms with Gasteiger partial charge < -0.3 is 10.4 Å². The van der Waals surface area contributed by atoms with Gasteiger partial charge in [0.15, 0.2) is 0 Å². The van der Waals surface area contributed by atoms with Crippen LogP contribution in [0, 0.1) is 0 Å². The summed E-state index contributed by atoms with van der Waals surface area (Å²) < 4.78 is 0. The van der Waals surface area contributed by atoms with Crippen molar-refractivity contribution in [2.24, 2.45) is 0 Å². The molecule has 5 nitrogen and oxygen atoms in total. The Morgan fingerprint density at radius 2 is 2.44 bits per heavy atom. The number of carbonyl (C=O) groups excluding carboxylic acids is 1. The fraction of sp³-hybridized carbons (Fsp3) is 0.636. The van der Waals surface area contributed by atoms with E-state index in [0.717, 1.165) is 6.42 Å². The topological polar surface area (TPSA) is 69.6 Å². The highest BCUT2D eigenvalue weighted by atomic mass is 16.4. The molecule has 1 amide bonds. The van der Waals surface area contributed by atoms with E-state index in [1.165, 1.54) is 0 Å². The summed E-state index contributed by atoms with van der Waals surface area (Å²) >= 11 is 0. The largest absolute Gasteiger partial charge is 0.481 e. The zero-order valence-electron chi connectivity index (χ0n) is 9.48. The third-order valence-corrected chi connectivity index (χ3v) is 2.71. The van der Waals surface area contributed by atoms with Crippen LogP contribution in [0.4, 0.5) is 0 Å². The van der Waals surface area contributed by atoms with Gasteiger partial charge in [0.25, 0.3) is 0 Å². The van der Waals surface area contributed by atoms with Crippen molar-refractivity contribution < 1.29 is 14.7 Å². The van der Waals surface area contributed by atoms with E-state index in [0.29, 0.717) is 13.1 Å². The second-order valence-electron chi connectivity index (χ2n) is 4.10. The van der Waals surface area contributed by atoms with E-state index in [4.69, 9.17) is 5.11 Å². The molecule has 1 heterocycles. The normalized spacial score (nSPS) is 26.9. The van der Waals surface area contributed by atoms with Crippen molar-refractivity contribution in [3.05, 3.63) is 12.7 Å². The molecule has 1 saturated heterocycles. The predicted octanol–water partition coefficient (Wildman–Crippen LogP) is 0.226. The van der Waals surface area contributed by atoms with Crippen LogP contribution in [0.3, 0.4) is 0 Å². The van der Waals surface area contributed by atoms with E-state index in [2.05, 4.69) is 11.9 Å². The van der Waals surface area contributed by atoms with Crippen LogP contribution in [0.1, 0.15) is 19.8 Å². The van der Waals surface area contributed by atoms with Crippen molar-refractivity contribution in [1.82, 2.24) is 10.2 Å². The number of hydrogen-bond donors (Lipinski definition) is 2. The summed E-state index contributed by atoms with van der Waals surface area (Å²) in [4.78, 5) is 24.4. The molecule has 0 aliphatic carbocycles. The Labute approximate surface area is 95.1 Å². The van der Waals surface area contributed by atoms with Crippen molar-refractivity contribution in [3.8, 4) is 0 Å². The highest BCUT2D eigenvalue weighted by Crippen LogP contribution is 2.12. The van der Waals surface area contributed by atoms with Gasteiger partial charge in [-0.3, -0.25) is 14.5 Å². The first kappa shape index (κ1) is 12.7. The lowest BCUT2D eigenvalue weighted by atomic mass is 10.1. The van der Waals surface area contributed by atoms with Crippen LogP contribution in [-0.4, -0.2) is 47.1 Å². The Hall–Kier alpha value is -1.36. The van der Waals surface area contributed by atoms with Crippen LogP contribution in [-0.2, 0) is 9.59 Å². The molecule has 2 atom stereocenters. The summed E-state index contributed by atoms with van der Waals surface area (Å²) in [5.74, 6) is -1.15. The number of rotatable bonds is 4. The van der Waals surface area contributed by atoms with E-state index >= 15 is 0 Å². The highest BCUT2D eigenvalue weighted by Gasteiger charge is 2.31. The van der Waals surface area contributed by atoms with Gasteiger partial charge in [-0.1, -0.05) is 6.08 Å². The molecule has 2 N–H and O–H groups in total. The van der Waals surface area contributed by atoms with Crippen molar-refractivity contribution in [1.29, 1.82) is 0 Å². The van der Waals surface area contributed by atoms with Crippen LogP contribution in [0.2, 0.25) is 0 Å². The maximum Gasteiger partial charge on any atom is 0.305 e. The van der Waals surface area contributed by atoms with Crippen molar-refractivity contribution in [2.45, 2.75) is 31.8 Å². The van der Waals surface area contributed by atoms with E-state index in [9.17, 15) is 9.59 Å². The molecule has 1 rings (SSSR count). The predicted molar refractivity (Wildman–Crippen MR) is 60.0 cm³/mol. The first-order chi connectivity index (χ1) is 7.54. The lowest BCUT2D eigenvalue weighted by Crippen LogP contribution is -2.46. The quantitative estimate of drug-likeness (QED) is 0.673. The van der Waals surface area contributed by atoms with Crippen molar-refractivity contribution in [3.63, 3.8) is 0 Å². The Morgan fingerprint density at radius 3 is 3.00 bits per heavy atom. The van der Waals surface area contributed by atoms with Gasteiger partial charge in [0.2, 0.25) is 5.91 Å². The maximum absolute atomic E-state index is 11.8. The summed E-state index contributed by atoms with van der Waals surface area (Å²) in [7, 11) is 0. The summed E-state index contributed by atoms with van der Waals surface area (Å²) in [5.41, 5.74) is 0. The van der Waals surface area contributed by atoms with Gasteiger partial charge >= 0.3 is 5.97 Å². The van der Waals surface area contributed by atoms with E-state index < -0.39 is 12.0 Å². The van der Waals surface area contributed by atoms with Gasteiger partial charge in [-0.25, -0.2) is 0 Å². The third kappa shape index (κ3) is 3.34. The van der Waals surface area contributed by atoms with E-state index in [-0.39, 0.29) is 18.4 Å². The number of nitrogens with one attached hydrogen (secondary N) is 1. The van der Waals surface area contributed by atoms with Crippen LogP contribution in [0.5, 0.6) is 0 Å². The minimum absolute atomic E-state index is 0.0959. The van der Waals surface area contributed by atoms with Gasteiger partial charge in [-0.15, -0.1) is 6.58 Å². The molecule has 0 saturated carbocycles. The Morgan fingerprint density at radius 1 is 1.75 bits per heavy atom. The smallest absolute Gasteiger partial charge is 0.305 e. The van der Waals surface area contributed by atoms with Gasteiger partial charge in [0.05, 0.1) is 12.5 Å². The molecule has 1 aliphatic heterocycles. The molecule has 0 aromatic heterocycles. The minimum atomic E-state index is -0.955. The lowest BCUT2D eigenvalue weighted by Gasteiger charge is -2.25. The molecule has 1 fully saturated rings. The maximum atomic E-state index is 11.8. The fourth-order valence-electron chi connectivity index (χ4n) is 1.86. The second-order valence-corrected chi connectivity index (χ2v) is 4.10. The molecule has 16 heavy (non-hydrogen) atoms. The van der Waals surface area contributed by atoms with Crippen molar-refractivity contribution >= 4 is 11.9 Å². The van der Waals surface area contributed by atoms with Crippen LogP contribution >= 0.6 is 0 Å². The summed E-state index contributed by atoms with van der Waals surface area (Å²) in [5, 5.41) is 11.6. The number of hydrogen-bond acceptors (Lipinski definition) is 3. The number of nitrogens with zero attached hydrogens (tertiary/aromatic N) is 1. The van der Waals surface area contributed by atoms with E-state index in [1.54, 1.807) is 6.08 Å². The minimum Gasteiger partial charge on any atom is -0.481 e. The SMILES string of the molecule is C=CCN1CCC(C)NC(=O)C1CC(=O)O. The van der Waals surface area contributed by atoms with Gasteiger partial charge in [0.1, 0.15) is 0 Å². The molecule has 0 aromatic carbocycles. The van der Waals surface area contributed by atoms with Gasteiger partial charge in [0, 0.05) is 19.1 Å². The highest BCUT2D eigenvalue weighted by molar-refractivity contribution is 5.86. The Balaban J connectivity index is 2.79. The second kappa shape index (κ2) is 5.65. The molecule has 0 aromatic rings. The summed E-state index contributed by atoms with van der Waals surface area (Å²) in [6.07, 6.45) is 2.36. The fourth-order valence-corrected chi connectivity index (χ4v) is 1.86. The number of amides is 1. The monoisotopic (exact) mass is 226 g/mol. The lowest BCUT2D eigenvalue weighted by molar-refractivity contribution is -0.141. The number of carbonyl (C=O) groups is 2. The molecule has 90 valence electrons. The number of carboxylic acid groups (broad SMARTS) is 1. The zero-order chi connectivity index (χ0) is 12.1. The molecular formula is C11H18N2O3. The zero-order valence-corrected chi connectivity index (χ0v) is 9.48. The molecule has 2 unspecified atom stereocenters. The Bertz CT molecular complexity index is 291. The van der Waals surface area contributed by atoms with E-state index in [1.807, 2.05) is 11.8 Å². The molecule has 0 bridgehead atoms. The van der Waals surface area contributed by atoms with Gasteiger partial charge in [-0.2, -0.15) is 0 Å². The molecule has 0 radical (unpaired) electrons. The first-order valence-corrected chi connectivity index (χ1v) is 5.41. The van der Waals surface area contributed by atoms with Gasteiger partial charge in [-0.05, 0) is 13.3 Å². The number of aliphatic carboxylic acids is 1. The summed E-state index contributed by atoms with van der Waals surface area (Å²) in [6, 6.07) is -0.487. The van der Waals surface area contributed by atoms with Crippen molar-refractivity contribution in [2.75, 3.05) is 13.1 Å². The number of carboxylic acids is 1. The molecule has 0 spiro atoms. The standard InChI is InChI=1S/C11H18N2O3/c1-3-5-13-6-4-8(2)12-11(16)9(13)7-10(14)15/h3,8-9H,1,4-7H2,2H3,(H,12,16)(H,14,15). The Kier molecular flexibility index (Phi) is 4.49. The van der Waals surface area contributed by atoms with Crippen LogP contribution in [0.15, 0.2) is 12.7 Å². The average Bonchev–Trinajstić information content (AvgIpc) is 2.31. The summed E-state index contributed by atoms with van der Waals surface area (Å²) in [6.45, 7) is 6.80. The molecule has 1 aliphatic rings. The molecular weight excluding hydrogens is 208 g/mol. The van der Waals surface area contributed by atoms with Crippen LogP contribution in [0.25, 0.3) is 0 Å². The van der Waals surface area contributed by atoms with Crippen LogP contribution < -0.4 is 5.32 Å². The first-order valence-electron chi connectivity index (χ1n) is 5.41.